The molecule has 0 fully saturated rings. The van der Waals surface area contributed by atoms with Crippen LogP contribution in [0.25, 0.3) is 0 Å². The quantitative estimate of drug-likeness (QED) is 0.446. The van der Waals surface area contributed by atoms with Crippen LogP contribution < -0.4 is 0 Å². The molecule has 0 aromatic carbocycles. The van der Waals surface area contributed by atoms with Gasteiger partial charge in [0.1, 0.15) is 0 Å². The molecule has 0 aliphatic heterocycles. The number of allylic oxidation sites excluding steroid dienone is 2. The van der Waals surface area contributed by atoms with Crippen LogP contribution in [0, 0.1) is 26.3 Å². The van der Waals surface area contributed by atoms with E-state index >= 15 is 0 Å². The molecule has 1 radical (unpaired) electrons. The van der Waals surface area contributed by atoms with Gasteiger partial charge in [0.25, 0.3) is 0 Å². The first-order valence-electron chi connectivity index (χ1n) is 3.12. The van der Waals surface area contributed by atoms with E-state index in [1.807, 2.05) is 0 Å². The summed E-state index contributed by atoms with van der Waals surface area (Å²) in [4.78, 5) is 19.1. The van der Waals surface area contributed by atoms with E-state index in [4.69, 9.17) is 0 Å². The van der Waals surface area contributed by atoms with Crippen molar-refractivity contribution >= 4 is 0 Å². The predicted molar refractivity (Wildman–Crippen MR) is 39.3 cm³/mol. The summed E-state index contributed by atoms with van der Waals surface area (Å²) in [5, 5.41) is 20.5. The van der Waals surface area contributed by atoms with E-state index in [2.05, 4.69) is 0 Å². The number of rotatable bonds is 2. The van der Waals surface area contributed by atoms with Gasteiger partial charge < -0.3 is 0 Å². The van der Waals surface area contributed by atoms with Crippen LogP contribution in [-0.4, -0.2) is 15.9 Å². The Morgan fingerprint density at radius 2 is 1.92 bits per heavy atom. The average Bonchev–Trinajstić information content (AvgIpc) is 2.04. The van der Waals surface area contributed by atoms with E-state index in [1.165, 1.54) is 18.2 Å². The number of hydrogen-bond acceptors (Lipinski definition) is 4. The zero-order valence-electron chi connectivity index (χ0n) is 5.91. The topological polar surface area (TPSA) is 86.3 Å². The van der Waals surface area contributed by atoms with Crippen molar-refractivity contribution in [2.45, 2.75) is 6.04 Å². The van der Waals surface area contributed by atoms with Crippen molar-refractivity contribution in [1.82, 2.24) is 0 Å². The molecule has 1 aliphatic rings. The third-order valence-electron chi connectivity index (χ3n) is 1.41. The Hall–Kier alpha value is -1.72. The second-order valence-electron chi connectivity index (χ2n) is 2.16. The first-order valence-corrected chi connectivity index (χ1v) is 3.12. The minimum atomic E-state index is -1.31. The lowest BCUT2D eigenvalue weighted by Crippen LogP contribution is -2.30. The van der Waals surface area contributed by atoms with Gasteiger partial charge >= 0.3 is 12.1 Å². The molecule has 1 aliphatic carbocycles. The maximum Gasteiger partial charge on any atom is 0.389 e. The van der Waals surface area contributed by atoms with Crippen molar-refractivity contribution < 1.29 is 9.85 Å². The van der Waals surface area contributed by atoms with E-state index in [1.54, 1.807) is 0 Å². The van der Waals surface area contributed by atoms with E-state index in [0.717, 1.165) is 6.08 Å². The highest BCUT2D eigenvalue weighted by Gasteiger charge is 2.40. The molecule has 6 heteroatoms. The van der Waals surface area contributed by atoms with E-state index in [0.29, 0.717) is 0 Å². The molecule has 0 heterocycles. The Labute approximate surface area is 67.5 Å². The number of hydrogen-bond donors (Lipinski definition) is 0. The lowest BCUT2D eigenvalue weighted by molar-refractivity contribution is -0.563. The van der Waals surface area contributed by atoms with Gasteiger partial charge in [-0.05, 0) is 6.08 Å². The van der Waals surface area contributed by atoms with Gasteiger partial charge in [-0.25, -0.2) is 0 Å². The fourth-order valence-electron chi connectivity index (χ4n) is 0.868. The summed E-state index contributed by atoms with van der Waals surface area (Å²) >= 11 is 0. The molecule has 1 rings (SSSR count). The highest BCUT2D eigenvalue weighted by molar-refractivity contribution is 5.24. The SMILES string of the molecule is O=[N+]([O-])[C]1C=CC=CC1[N+](=O)[O-]. The number of nitrogens with zero attached hydrogens (tertiary/aromatic N) is 2. The molecule has 0 aromatic heterocycles. The summed E-state index contributed by atoms with van der Waals surface area (Å²) < 4.78 is 0. The molecule has 1 unspecified atom stereocenters. The lowest BCUT2D eigenvalue weighted by Gasteiger charge is -2.07. The molecular weight excluding hydrogens is 164 g/mol. The lowest BCUT2D eigenvalue weighted by atomic mass is 10.0. The van der Waals surface area contributed by atoms with E-state index in [-0.39, 0.29) is 0 Å². The van der Waals surface area contributed by atoms with Crippen LogP contribution in [0.15, 0.2) is 24.3 Å². The summed E-state index contributed by atoms with van der Waals surface area (Å²) in [6, 6.07) is -1.72. The smallest absolute Gasteiger partial charge is 0.264 e. The highest BCUT2D eigenvalue weighted by atomic mass is 16.6. The molecular formula is C6H5N2O4. The third kappa shape index (κ3) is 1.47. The zero-order chi connectivity index (χ0) is 9.14. The van der Waals surface area contributed by atoms with Gasteiger partial charge in [0, 0.05) is 15.9 Å². The molecule has 0 aromatic rings. The van der Waals surface area contributed by atoms with Gasteiger partial charge in [-0.15, -0.1) is 0 Å². The van der Waals surface area contributed by atoms with Crippen molar-refractivity contribution in [2.75, 3.05) is 0 Å². The standard InChI is InChI=1S/C6H5N2O4/c9-7(10)5-3-1-2-4-6(5)8(11)12/h1-5H. The van der Waals surface area contributed by atoms with Crippen LogP contribution in [0.4, 0.5) is 0 Å². The Bertz CT molecular complexity index is 243. The molecule has 0 saturated carbocycles. The summed E-state index contributed by atoms with van der Waals surface area (Å²) in [6.45, 7) is 0. The average molecular weight is 169 g/mol. The second-order valence-corrected chi connectivity index (χ2v) is 2.16. The largest absolute Gasteiger partial charge is 0.389 e. The molecule has 0 amide bonds. The van der Waals surface area contributed by atoms with Gasteiger partial charge in [-0.1, -0.05) is 12.2 Å². The van der Waals surface area contributed by atoms with Crippen molar-refractivity contribution in [3.63, 3.8) is 0 Å². The molecule has 12 heavy (non-hydrogen) atoms. The van der Waals surface area contributed by atoms with Crippen LogP contribution in [0.3, 0.4) is 0 Å². The fourth-order valence-corrected chi connectivity index (χ4v) is 0.868. The van der Waals surface area contributed by atoms with Crippen LogP contribution in [-0.2, 0) is 0 Å². The highest BCUT2D eigenvalue weighted by Crippen LogP contribution is 2.17. The molecule has 0 saturated heterocycles. The van der Waals surface area contributed by atoms with Gasteiger partial charge in [0.15, 0.2) is 0 Å². The van der Waals surface area contributed by atoms with E-state index < -0.39 is 21.9 Å². The van der Waals surface area contributed by atoms with Crippen LogP contribution in [0.5, 0.6) is 0 Å². The van der Waals surface area contributed by atoms with Crippen molar-refractivity contribution in [3.05, 3.63) is 50.6 Å². The first kappa shape index (κ1) is 8.38. The van der Waals surface area contributed by atoms with Crippen molar-refractivity contribution in [3.8, 4) is 0 Å². The van der Waals surface area contributed by atoms with Gasteiger partial charge in [-0.3, -0.25) is 20.2 Å². The summed E-state index contributed by atoms with van der Waals surface area (Å²) in [5.41, 5.74) is 0. The molecule has 63 valence electrons. The first-order chi connectivity index (χ1) is 5.63. The Kier molecular flexibility index (Phi) is 2.18. The summed E-state index contributed by atoms with van der Waals surface area (Å²) in [6.07, 6.45) is 5.13. The monoisotopic (exact) mass is 169 g/mol. The van der Waals surface area contributed by atoms with Gasteiger partial charge in [-0.2, -0.15) is 0 Å². The van der Waals surface area contributed by atoms with Crippen LogP contribution in [0.2, 0.25) is 0 Å². The van der Waals surface area contributed by atoms with Crippen LogP contribution in [0.1, 0.15) is 0 Å². The minimum absolute atomic E-state index is 0.400. The zero-order valence-corrected chi connectivity index (χ0v) is 5.91. The molecule has 0 N–H and O–H groups in total. The molecule has 1 atom stereocenters. The Morgan fingerprint density at radius 1 is 1.25 bits per heavy atom. The minimum Gasteiger partial charge on any atom is -0.264 e. The van der Waals surface area contributed by atoms with E-state index in [9.17, 15) is 20.2 Å². The Morgan fingerprint density at radius 3 is 2.33 bits per heavy atom. The normalized spacial score (nSPS) is 22.5. The second kappa shape index (κ2) is 3.12. The molecule has 0 spiro atoms. The van der Waals surface area contributed by atoms with Crippen molar-refractivity contribution in [2.24, 2.45) is 0 Å². The van der Waals surface area contributed by atoms with Crippen molar-refractivity contribution in [1.29, 1.82) is 0 Å². The van der Waals surface area contributed by atoms with Gasteiger partial charge in [0.05, 0.1) is 0 Å². The number of nitro groups is 2. The maximum absolute atomic E-state index is 10.3. The predicted octanol–water partition coefficient (Wildman–Crippen LogP) is 0.566. The Balaban J connectivity index is 2.85. The third-order valence-corrected chi connectivity index (χ3v) is 1.41. The maximum atomic E-state index is 10.3. The van der Waals surface area contributed by atoms with Gasteiger partial charge in [0.2, 0.25) is 0 Å². The molecule has 0 bridgehead atoms. The summed E-state index contributed by atoms with van der Waals surface area (Å²) in [7, 11) is 0. The molecule has 6 nitrogen and oxygen atoms in total. The summed E-state index contributed by atoms with van der Waals surface area (Å²) in [5.74, 6) is 0. The van der Waals surface area contributed by atoms with Crippen LogP contribution >= 0.6 is 0 Å². The fraction of sp³-hybridized carbons (Fsp3) is 0.167.